The van der Waals surface area contributed by atoms with Crippen molar-refractivity contribution in [2.75, 3.05) is 13.1 Å². The fourth-order valence-corrected chi connectivity index (χ4v) is 4.48. The zero-order valence-corrected chi connectivity index (χ0v) is 12.9. The molecule has 1 fully saturated rings. The predicted molar refractivity (Wildman–Crippen MR) is 73.7 cm³/mol. The van der Waals surface area contributed by atoms with E-state index >= 15 is 0 Å². The van der Waals surface area contributed by atoms with Gasteiger partial charge in [0.2, 0.25) is 10.0 Å². The largest absolute Gasteiger partial charge is 0.481 e. The van der Waals surface area contributed by atoms with Crippen LogP contribution in [0, 0.1) is 5.92 Å². The molecule has 5 nitrogen and oxygen atoms in total. The van der Waals surface area contributed by atoms with E-state index in [2.05, 4.69) is 15.9 Å². The van der Waals surface area contributed by atoms with E-state index in [9.17, 15) is 13.2 Å². The van der Waals surface area contributed by atoms with Crippen LogP contribution in [0.2, 0.25) is 5.02 Å². The first-order valence-electron chi connectivity index (χ1n) is 5.50. The highest BCUT2D eigenvalue weighted by Crippen LogP contribution is 2.30. The summed E-state index contributed by atoms with van der Waals surface area (Å²) < 4.78 is 26.6. The molecule has 0 amide bonds. The normalized spacial score (nSPS) is 20.6. The molecule has 19 heavy (non-hydrogen) atoms. The van der Waals surface area contributed by atoms with E-state index in [1.807, 2.05) is 0 Å². The maximum atomic E-state index is 12.4. The minimum atomic E-state index is -3.74. The van der Waals surface area contributed by atoms with Crippen LogP contribution in [0.4, 0.5) is 0 Å². The molecule has 1 N–H and O–H groups in total. The zero-order chi connectivity index (χ0) is 14.2. The highest BCUT2D eigenvalue weighted by molar-refractivity contribution is 9.10. The quantitative estimate of drug-likeness (QED) is 0.887. The number of aliphatic carboxylic acids is 1. The third-order valence-electron chi connectivity index (χ3n) is 3.01. The van der Waals surface area contributed by atoms with Crippen LogP contribution in [0.1, 0.15) is 6.42 Å². The molecule has 1 unspecified atom stereocenters. The number of hydrogen-bond acceptors (Lipinski definition) is 3. The molecule has 0 aromatic heterocycles. The molecule has 1 heterocycles. The second-order valence-corrected chi connectivity index (χ2v) is 7.49. The van der Waals surface area contributed by atoms with Gasteiger partial charge in [0.25, 0.3) is 0 Å². The number of hydrogen-bond donors (Lipinski definition) is 1. The van der Waals surface area contributed by atoms with Crippen molar-refractivity contribution in [2.45, 2.75) is 11.3 Å². The lowest BCUT2D eigenvalue weighted by atomic mass is 10.1. The minimum Gasteiger partial charge on any atom is -0.481 e. The van der Waals surface area contributed by atoms with E-state index in [1.54, 1.807) is 6.07 Å². The van der Waals surface area contributed by atoms with Gasteiger partial charge in [-0.05, 0) is 24.6 Å². The number of benzene rings is 1. The van der Waals surface area contributed by atoms with Gasteiger partial charge in [-0.25, -0.2) is 8.42 Å². The Bertz CT molecular complexity index is 619. The van der Waals surface area contributed by atoms with Gasteiger partial charge in [0.15, 0.2) is 0 Å². The molecule has 1 aromatic rings. The molecule has 1 aromatic carbocycles. The molecule has 0 spiro atoms. The van der Waals surface area contributed by atoms with Crippen molar-refractivity contribution in [3.8, 4) is 0 Å². The third kappa shape index (κ3) is 2.94. The number of nitrogens with zero attached hydrogens (tertiary/aromatic N) is 1. The second-order valence-electron chi connectivity index (χ2n) is 4.26. The van der Waals surface area contributed by atoms with Crippen LogP contribution in [0.3, 0.4) is 0 Å². The lowest BCUT2D eigenvalue weighted by Crippen LogP contribution is -2.30. The summed E-state index contributed by atoms with van der Waals surface area (Å²) in [4.78, 5) is 10.9. The molecule has 1 aliphatic rings. The van der Waals surface area contributed by atoms with Crippen LogP contribution in [0.5, 0.6) is 0 Å². The Labute approximate surface area is 124 Å². The first-order chi connectivity index (χ1) is 8.82. The zero-order valence-electron chi connectivity index (χ0n) is 9.71. The summed E-state index contributed by atoms with van der Waals surface area (Å²) in [6, 6.07) is 4.50. The number of rotatable bonds is 3. The van der Waals surface area contributed by atoms with E-state index in [4.69, 9.17) is 16.7 Å². The van der Waals surface area contributed by atoms with Crippen molar-refractivity contribution in [1.29, 1.82) is 0 Å². The Morgan fingerprint density at radius 1 is 1.47 bits per heavy atom. The average Bonchev–Trinajstić information content (AvgIpc) is 2.78. The van der Waals surface area contributed by atoms with Gasteiger partial charge in [-0.1, -0.05) is 27.5 Å². The van der Waals surface area contributed by atoms with Gasteiger partial charge in [-0.2, -0.15) is 4.31 Å². The highest BCUT2D eigenvalue weighted by atomic mass is 79.9. The minimum absolute atomic E-state index is 0.00315. The molecule has 104 valence electrons. The fourth-order valence-electron chi connectivity index (χ4n) is 1.97. The maximum absolute atomic E-state index is 12.4. The molecule has 1 aliphatic heterocycles. The van der Waals surface area contributed by atoms with Crippen molar-refractivity contribution in [3.05, 3.63) is 27.7 Å². The SMILES string of the molecule is O=C(O)C1CCN(S(=O)(=O)c2ccc(Br)cc2Cl)C1. The van der Waals surface area contributed by atoms with Gasteiger partial charge >= 0.3 is 5.97 Å². The molecular formula is C11H11BrClNO4S. The Kier molecular flexibility index (Phi) is 4.20. The summed E-state index contributed by atoms with van der Waals surface area (Å²) in [5.41, 5.74) is 0. The number of sulfonamides is 1. The van der Waals surface area contributed by atoms with Crippen LogP contribution < -0.4 is 0 Å². The van der Waals surface area contributed by atoms with Crippen LogP contribution in [0.25, 0.3) is 0 Å². The van der Waals surface area contributed by atoms with Gasteiger partial charge < -0.3 is 5.11 Å². The molecular weight excluding hydrogens is 358 g/mol. The van der Waals surface area contributed by atoms with Crippen molar-refractivity contribution < 1.29 is 18.3 Å². The van der Waals surface area contributed by atoms with Crippen molar-refractivity contribution >= 4 is 43.5 Å². The van der Waals surface area contributed by atoms with E-state index in [-0.39, 0.29) is 23.0 Å². The predicted octanol–water partition coefficient (Wildman–Crippen LogP) is 2.20. The van der Waals surface area contributed by atoms with Crippen LogP contribution >= 0.6 is 27.5 Å². The molecule has 1 saturated heterocycles. The summed E-state index contributed by atoms with van der Waals surface area (Å²) in [5, 5.41) is 9.02. The lowest BCUT2D eigenvalue weighted by Gasteiger charge is -2.16. The highest BCUT2D eigenvalue weighted by Gasteiger charge is 2.36. The van der Waals surface area contributed by atoms with E-state index < -0.39 is 21.9 Å². The number of carboxylic acids is 1. The first kappa shape index (κ1) is 14.8. The molecule has 2 rings (SSSR count). The van der Waals surface area contributed by atoms with Gasteiger partial charge in [-0.15, -0.1) is 0 Å². The summed E-state index contributed by atoms with van der Waals surface area (Å²) in [7, 11) is -3.74. The topological polar surface area (TPSA) is 74.7 Å². The second kappa shape index (κ2) is 5.40. The van der Waals surface area contributed by atoms with Crippen LogP contribution in [-0.4, -0.2) is 36.9 Å². The molecule has 1 atom stereocenters. The maximum Gasteiger partial charge on any atom is 0.307 e. The standard InChI is InChI=1S/C11H11BrClNO4S/c12-8-1-2-10(9(13)5-8)19(17,18)14-4-3-7(6-14)11(15)16/h1-2,5,7H,3-4,6H2,(H,15,16). The first-order valence-corrected chi connectivity index (χ1v) is 8.11. The number of carbonyl (C=O) groups is 1. The van der Waals surface area contributed by atoms with Gasteiger partial charge in [0, 0.05) is 17.6 Å². The van der Waals surface area contributed by atoms with Crippen molar-refractivity contribution in [1.82, 2.24) is 4.31 Å². The van der Waals surface area contributed by atoms with E-state index in [0.717, 1.165) is 0 Å². The number of halogens is 2. The van der Waals surface area contributed by atoms with Gasteiger partial charge in [0.1, 0.15) is 4.90 Å². The third-order valence-corrected chi connectivity index (χ3v) is 5.85. The summed E-state index contributed by atoms with van der Waals surface area (Å²) >= 11 is 9.14. The Morgan fingerprint density at radius 3 is 2.68 bits per heavy atom. The van der Waals surface area contributed by atoms with Crippen molar-refractivity contribution in [2.24, 2.45) is 5.92 Å². The van der Waals surface area contributed by atoms with Gasteiger partial charge in [-0.3, -0.25) is 4.79 Å². The molecule has 0 aliphatic carbocycles. The van der Waals surface area contributed by atoms with Crippen LogP contribution in [-0.2, 0) is 14.8 Å². The molecule has 8 heteroatoms. The molecule has 0 radical (unpaired) electrons. The van der Waals surface area contributed by atoms with E-state index in [1.165, 1.54) is 16.4 Å². The van der Waals surface area contributed by atoms with Gasteiger partial charge in [0.05, 0.1) is 10.9 Å². The van der Waals surface area contributed by atoms with E-state index in [0.29, 0.717) is 10.9 Å². The Hall–Kier alpha value is -0.630. The lowest BCUT2D eigenvalue weighted by molar-refractivity contribution is -0.141. The molecule has 0 saturated carbocycles. The average molecular weight is 369 g/mol. The van der Waals surface area contributed by atoms with Crippen molar-refractivity contribution in [3.63, 3.8) is 0 Å². The smallest absolute Gasteiger partial charge is 0.307 e. The summed E-state index contributed by atoms with van der Waals surface area (Å²) in [6.07, 6.45) is 0.322. The monoisotopic (exact) mass is 367 g/mol. The summed E-state index contributed by atoms with van der Waals surface area (Å²) in [5.74, 6) is -1.62. The Morgan fingerprint density at radius 2 is 2.16 bits per heavy atom. The van der Waals surface area contributed by atoms with Crippen LogP contribution in [0.15, 0.2) is 27.6 Å². The Balaban J connectivity index is 2.31. The fraction of sp³-hybridized carbons (Fsp3) is 0.364. The molecule has 0 bridgehead atoms. The summed E-state index contributed by atoms with van der Waals surface area (Å²) in [6.45, 7) is 0.190. The number of carboxylic acid groups (broad SMARTS) is 1.